The number of hydrogen-bond acceptors (Lipinski definition) is 6. The fourth-order valence-electron chi connectivity index (χ4n) is 4.83. The van der Waals surface area contributed by atoms with Crippen LogP contribution in [-0.4, -0.2) is 69.1 Å². The topological polar surface area (TPSA) is 120 Å². The predicted molar refractivity (Wildman–Crippen MR) is 136 cm³/mol. The van der Waals surface area contributed by atoms with Crippen LogP contribution in [0.1, 0.15) is 54.2 Å². The largest absolute Gasteiger partial charge is 0.493 e. The molecule has 5 rings (SSSR count). The Morgan fingerprint density at radius 2 is 1.97 bits per heavy atom. The van der Waals surface area contributed by atoms with Crippen molar-refractivity contribution < 1.29 is 19.4 Å². The Hall–Kier alpha value is -3.46. The zero-order valence-electron chi connectivity index (χ0n) is 20.8. The van der Waals surface area contributed by atoms with E-state index in [9.17, 15) is 9.59 Å². The average molecular weight is 492 g/mol. The van der Waals surface area contributed by atoms with Gasteiger partial charge in [0.2, 0.25) is 5.91 Å². The van der Waals surface area contributed by atoms with E-state index in [0.29, 0.717) is 55.1 Å². The van der Waals surface area contributed by atoms with Gasteiger partial charge < -0.3 is 25.0 Å². The lowest BCUT2D eigenvalue weighted by Crippen LogP contribution is -2.47. The summed E-state index contributed by atoms with van der Waals surface area (Å²) in [6.45, 7) is 5.23. The first kappa shape index (κ1) is 24.2. The van der Waals surface area contributed by atoms with E-state index < -0.39 is 6.61 Å². The number of amides is 2. The monoisotopic (exact) mass is 491 g/mol. The Labute approximate surface area is 210 Å². The number of nitrogens with zero attached hydrogens (tertiary/aromatic N) is 3. The fourth-order valence-corrected chi connectivity index (χ4v) is 4.83. The van der Waals surface area contributed by atoms with Gasteiger partial charge in [-0.2, -0.15) is 0 Å². The maximum absolute atomic E-state index is 13.3. The van der Waals surface area contributed by atoms with E-state index in [1.54, 1.807) is 4.90 Å². The van der Waals surface area contributed by atoms with E-state index in [0.717, 1.165) is 29.1 Å². The molecule has 2 aliphatic rings. The molecule has 0 bridgehead atoms. The summed E-state index contributed by atoms with van der Waals surface area (Å²) in [5.74, 6) is 0.958. The molecule has 190 valence electrons. The highest BCUT2D eigenvalue weighted by Gasteiger charge is 2.27. The molecule has 1 saturated carbocycles. The zero-order chi connectivity index (χ0) is 25.2. The minimum Gasteiger partial charge on any atom is -0.493 e. The first-order valence-corrected chi connectivity index (χ1v) is 12.8. The summed E-state index contributed by atoms with van der Waals surface area (Å²) in [6, 6.07) is 6.17. The van der Waals surface area contributed by atoms with Crippen molar-refractivity contribution in [2.75, 3.05) is 26.3 Å². The molecule has 1 aliphatic heterocycles. The van der Waals surface area contributed by atoms with Crippen molar-refractivity contribution in [3.8, 4) is 17.0 Å². The molecular weight excluding hydrogens is 458 g/mol. The van der Waals surface area contributed by atoms with Gasteiger partial charge in [0.15, 0.2) is 0 Å². The van der Waals surface area contributed by atoms with Crippen LogP contribution < -0.4 is 10.1 Å². The van der Waals surface area contributed by atoms with Crippen LogP contribution in [0.15, 0.2) is 24.5 Å². The van der Waals surface area contributed by atoms with E-state index >= 15 is 0 Å². The van der Waals surface area contributed by atoms with Gasteiger partial charge in [0, 0.05) is 30.4 Å². The van der Waals surface area contributed by atoms with Crippen molar-refractivity contribution in [3.05, 3.63) is 41.3 Å². The lowest BCUT2D eigenvalue weighted by molar-refractivity contribution is -0.135. The van der Waals surface area contributed by atoms with Crippen LogP contribution >= 0.6 is 0 Å². The highest BCUT2D eigenvalue weighted by Crippen LogP contribution is 2.37. The second-order valence-corrected chi connectivity index (χ2v) is 9.80. The van der Waals surface area contributed by atoms with Gasteiger partial charge in [0.05, 0.1) is 17.7 Å². The number of aliphatic hydroxyl groups excluding tert-OH is 1. The number of benzene rings is 1. The van der Waals surface area contributed by atoms with Gasteiger partial charge in [0.1, 0.15) is 29.9 Å². The minimum atomic E-state index is -0.484. The number of fused-ring (bicyclic) bond motifs is 1. The van der Waals surface area contributed by atoms with E-state index in [4.69, 9.17) is 9.84 Å². The predicted octanol–water partition coefficient (Wildman–Crippen LogP) is 3.00. The Morgan fingerprint density at radius 1 is 1.19 bits per heavy atom. The van der Waals surface area contributed by atoms with Gasteiger partial charge in [-0.15, -0.1) is 0 Å². The number of piperidine rings is 1. The zero-order valence-corrected chi connectivity index (χ0v) is 20.8. The SMILES string of the molecule is CCc1ccc(OCC2CC2)c(-c2ncnc3c(C(=O)NC4CCN(C(=O)CO)CC4)c(C)[nH]c23)c1. The molecule has 0 unspecified atom stereocenters. The maximum atomic E-state index is 13.3. The number of hydrogen-bond donors (Lipinski definition) is 3. The van der Waals surface area contributed by atoms with E-state index in [2.05, 4.69) is 39.3 Å². The molecule has 36 heavy (non-hydrogen) atoms. The Morgan fingerprint density at radius 3 is 2.67 bits per heavy atom. The third-order valence-corrected chi connectivity index (χ3v) is 7.20. The van der Waals surface area contributed by atoms with Gasteiger partial charge in [-0.05, 0) is 62.6 Å². The maximum Gasteiger partial charge on any atom is 0.255 e. The number of carbonyl (C=O) groups is 2. The molecule has 9 nitrogen and oxygen atoms in total. The van der Waals surface area contributed by atoms with Gasteiger partial charge >= 0.3 is 0 Å². The van der Waals surface area contributed by atoms with Crippen LogP contribution in [0.5, 0.6) is 5.75 Å². The smallest absolute Gasteiger partial charge is 0.255 e. The fraction of sp³-hybridized carbons (Fsp3) is 0.481. The van der Waals surface area contributed by atoms with Crippen LogP contribution in [0.4, 0.5) is 0 Å². The Bertz CT molecular complexity index is 1270. The molecule has 0 spiro atoms. The molecule has 0 atom stereocenters. The number of likely N-dealkylation sites (tertiary alicyclic amines) is 1. The molecule has 3 heterocycles. The standard InChI is InChI=1S/C27H33N5O4/c1-3-17-6-7-21(36-14-18-4-5-18)20(12-17)24-26-25(29-15-28-24)23(16(2)30-26)27(35)31-19-8-10-32(11-9-19)22(34)13-33/h6-7,12,15,18-19,30,33H,3-5,8-11,13-14H2,1-2H3,(H,31,35). The lowest BCUT2D eigenvalue weighted by Gasteiger charge is -2.32. The highest BCUT2D eigenvalue weighted by molar-refractivity contribution is 6.09. The number of aryl methyl sites for hydroxylation is 2. The molecule has 1 aromatic carbocycles. The number of nitrogens with one attached hydrogen (secondary N) is 2. The summed E-state index contributed by atoms with van der Waals surface area (Å²) in [5, 5.41) is 12.2. The number of H-pyrrole nitrogens is 1. The molecular formula is C27H33N5O4. The van der Waals surface area contributed by atoms with Crippen molar-refractivity contribution >= 4 is 22.8 Å². The normalized spacial score (nSPS) is 16.4. The van der Waals surface area contributed by atoms with E-state index in [-0.39, 0.29) is 17.9 Å². The number of carbonyl (C=O) groups excluding carboxylic acids is 2. The second kappa shape index (κ2) is 10.3. The average Bonchev–Trinajstić information content (AvgIpc) is 3.66. The molecule has 9 heteroatoms. The first-order chi connectivity index (χ1) is 17.5. The van der Waals surface area contributed by atoms with E-state index in [1.807, 2.05) is 13.0 Å². The lowest BCUT2D eigenvalue weighted by atomic mass is 10.0. The van der Waals surface area contributed by atoms with Gasteiger partial charge in [-0.1, -0.05) is 13.0 Å². The molecule has 1 saturated heterocycles. The van der Waals surface area contributed by atoms with Crippen molar-refractivity contribution in [1.29, 1.82) is 0 Å². The number of ether oxygens (including phenoxy) is 1. The van der Waals surface area contributed by atoms with Gasteiger partial charge in [-0.3, -0.25) is 9.59 Å². The molecule has 3 N–H and O–H groups in total. The number of aromatic nitrogens is 3. The van der Waals surface area contributed by atoms with Crippen LogP contribution in [0.3, 0.4) is 0 Å². The van der Waals surface area contributed by atoms with Crippen LogP contribution in [0.25, 0.3) is 22.3 Å². The molecule has 3 aromatic rings. The summed E-state index contributed by atoms with van der Waals surface area (Å²) >= 11 is 0. The highest BCUT2D eigenvalue weighted by atomic mass is 16.5. The quantitative estimate of drug-likeness (QED) is 0.446. The minimum absolute atomic E-state index is 0.0467. The van der Waals surface area contributed by atoms with Crippen LogP contribution in [0, 0.1) is 12.8 Å². The van der Waals surface area contributed by atoms with Crippen LogP contribution in [-0.2, 0) is 11.2 Å². The third-order valence-electron chi connectivity index (χ3n) is 7.20. The molecule has 2 aromatic heterocycles. The van der Waals surface area contributed by atoms with Crippen molar-refractivity contribution in [1.82, 2.24) is 25.2 Å². The molecule has 2 fully saturated rings. The first-order valence-electron chi connectivity index (χ1n) is 12.8. The molecule has 1 aliphatic carbocycles. The number of aromatic amines is 1. The molecule has 2 amide bonds. The summed E-state index contributed by atoms with van der Waals surface area (Å²) in [4.78, 5) is 39.1. The summed E-state index contributed by atoms with van der Waals surface area (Å²) in [7, 11) is 0. The van der Waals surface area contributed by atoms with Crippen molar-refractivity contribution in [3.63, 3.8) is 0 Å². The Balaban J connectivity index is 1.42. The molecule has 0 radical (unpaired) electrons. The second-order valence-electron chi connectivity index (χ2n) is 9.80. The van der Waals surface area contributed by atoms with Gasteiger partial charge in [0.25, 0.3) is 5.91 Å². The third kappa shape index (κ3) is 4.93. The van der Waals surface area contributed by atoms with Crippen molar-refractivity contribution in [2.45, 2.75) is 52.0 Å². The summed E-state index contributed by atoms with van der Waals surface area (Å²) in [5.41, 5.74) is 5.34. The number of rotatable bonds is 8. The van der Waals surface area contributed by atoms with Crippen LogP contribution in [0.2, 0.25) is 0 Å². The summed E-state index contributed by atoms with van der Waals surface area (Å²) in [6.07, 6.45) is 6.11. The Kier molecular flexibility index (Phi) is 6.91. The van der Waals surface area contributed by atoms with Gasteiger partial charge in [-0.25, -0.2) is 9.97 Å². The van der Waals surface area contributed by atoms with E-state index in [1.165, 1.54) is 24.7 Å². The summed E-state index contributed by atoms with van der Waals surface area (Å²) < 4.78 is 6.19. The number of aliphatic hydroxyl groups is 1. The van der Waals surface area contributed by atoms with Crippen molar-refractivity contribution in [2.24, 2.45) is 5.92 Å².